The summed E-state index contributed by atoms with van der Waals surface area (Å²) in [4.78, 5) is 0. The van der Waals surface area contributed by atoms with Gasteiger partial charge in [0.05, 0.1) is 12.0 Å². The molecule has 7 heteroatoms. The molecule has 1 aromatic carbocycles. The molecule has 1 rings (SSSR count). The molecule has 1 unspecified atom stereocenters. The molecule has 0 bridgehead atoms. The number of aliphatic hydroxyl groups excluding tert-OH is 1. The van der Waals surface area contributed by atoms with Crippen LogP contribution in [0.25, 0.3) is 0 Å². The topological polar surface area (TPSA) is 55.3 Å². The SMILES string of the molecule is CC(C)(C)[S+]([O-])N[C@H](C[C@H](CCO)C(F)(F)F)c1ccccc1. The van der Waals surface area contributed by atoms with E-state index in [-0.39, 0.29) is 12.8 Å². The molecule has 0 radical (unpaired) electrons. The molecule has 0 saturated heterocycles. The molecule has 132 valence electrons. The standard InChI is InChI=1S/C16H24F3NO2S/c1-15(2,3)23(22)20-14(12-7-5-4-6-8-12)11-13(9-10-21)16(17,18)19/h4-8,13-14,20-21H,9-11H2,1-3H3/t13-,14+,23?/m0/s1. The number of hydrogen-bond acceptors (Lipinski definition) is 3. The lowest BCUT2D eigenvalue weighted by Gasteiger charge is -2.30. The summed E-state index contributed by atoms with van der Waals surface area (Å²) in [7, 11) is 0. The Morgan fingerprint density at radius 1 is 1.17 bits per heavy atom. The van der Waals surface area contributed by atoms with Gasteiger partial charge in [0, 0.05) is 18.0 Å². The van der Waals surface area contributed by atoms with Gasteiger partial charge in [-0.2, -0.15) is 13.2 Å². The average molecular weight is 351 g/mol. The summed E-state index contributed by atoms with van der Waals surface area (Å²) in [5.41, 5.74) is 0.650. The van der Waals surface area contributed by atoms with Crippen LogP contribution in [-0.4, -0.2) is 27.2 Å². The highest BCUT2D eigenvalue weighted by Crippen LogP contribution is 2.36. The smallest absolute Gasteiger partial charge is 0.391 e. The Hall–Kier alpha value is -0.760. The fourth-order valence-electron chi connectivity index (χ4n) is 2.10. The van der Waals surface area contributed by atoms with Crippen molar-refractivity contribution in [1.82, 2.24) is 4.72 Å². The highest BCUT2D eigenvalue weighted by Gasteiger charge is 2.41. The maximum atomic E-state index is 13.1. The van der Waals surface area contributed by atoms with Crippen molar-refractivity contribution in [3.8, 4) is 0 Å². The predicted molar refractivity (Wildman–Crippen MR) is 86.1 cm³/mol. The van der Waals surface area contributed by atoms with Crippen molar-refractivity contribution in [3.63, 3.8) is 0 Å². The molecular formula is C16H24F3NO2S. The van der Waals surface area contributed by atoms with Gasteiger partial charge < -0.3 is 9.66 Å². The minimum absolute atomic E-state index is 0.268. The monoisotopic (exact) mass is 351 g/mol. The van der Waals surface area contributed by atoms with Crippen molar-refractivity contribution in [2.75, 3.05) is 6.61 Å². The van der Waals surface area contributed by atoms with E-state index in [2.05, 4.69) is 4.72 Å². The summed E-state index contributed by atoms with van der Waals surface area (Å²) < 4.78 is 54.0. The summed E-state index contributed by atoms with van der Waals surface area (Å²) in [5.74, 6) is -1.65. The molecule has 3 atom stereocenters. The summed E-state index contributed by atoms with van der Waals surface area (Å²) in [5, 5.41) is 8.91. The number of aliphatic hydroxyl groups is 1. The number of halogens is 3. The molecule has 0 saturated carbocycles. The van der Waals surface area contributed by atoms with Crippen molar-refractivity contribution in [1.29, 1.82) is 0 Å². The molecule has 0 fully saturated rings. The van der Waals surface area contributed by atoms with Crippen LogP contribution in [0.3, 0.4) is 0 Å². The first kappa shape index (κ1) is 20.3. The molecule has 3 nitrogen and oxygen atoms in total. The van der Waals surface area contributed by atoms with Gasteiger partial charge in [-0.15, -0.1) is 4.72 Å². The van der Waals surface area contributed by atoms with E-state index in [4.69, 9.17) is 5.11 Å². The lowest BCUT2D eigenvalue weighted by Crippen LogP contribution is -2.42. The van der Waals surface area contributed by atoms with Crippen LogP contribution in [0.5, 0.6) is 0 Å². The lowest BCUT2D eigenvalue weighted by atomic mass is 9.92. The zero-order valence-electron chi connectivity index (χ0n) is 13.6. The van der Waals surface area contributed by atoms with Gasteiger partial charge in [0.15, 0.2) is 0 Å². The van der Waals surface area contributed by atoms with E-state index in [1.165, 1.54) is 0 Å². The van der Waals surface area contributed by atoms with Crippen molar-refractivity contribution in [3.05, 3.63) is 35.9 Å². The largest absolute Gasteiger partial charge is 0.598 e. The zero-order valence-corrected chi connectivity index (χ0v) is 14.4. The summed E-state index contributed by atoms with van der Waals surface area (Å²) in [6.07, 6.45) is -5.03. The van der Waals surface area contributed by atoms with Crippen LogP contribution in [0.1, 0.15) is 45.2 Å². The van der Waals surface area contributed by atoms with Gasteiger partial charge >= 0.3 is 6.18 Å². The Kier molecular flexibility index (Phi) is 7.38. The molecule has 2 N–H and O–H groups in total. The fourth-order valence-corrected chi connectivity index (χ4v) is 2.94. The highest BCUT2D eigenvalue weighted by atomic mass is 32.2. The van der Waals surface area contributed by atoms with Crippen LogP contribution in [0.2, 0.25) is 0 Å². The number of benzene rings is 1. The maximum absolute atomic E-state index is 13.1. The minimum Gasteiger partial charge on any atom is -0.598 e. The second kappa shape index (κ2) is 8.37. The summed E-state index contributed by atoms with van der Waals surface area (Å²) in [6, 6.07) is 7.97. The second-order valence-electron chi connectivity index (χ2n) is 6.45. The Bertz CT molecular complexity index is 463. The highest BCUT2D eigenvalue weighted by molar-refractivity contribution is 7.90. The molecule has 0 aliphatic rings. The van der Waals surface area contributed by atoms with E-state index < -0.39 is 40.9 Å². The second-order valence-corrected chi connectivity index (χ2v) is 8.45. The molecule has 0 spiro atoms. The van der Waals surface area contributed by atoms with Crippen molar-refractivity contribution in [2.24, 2.45) is 5.92 Å². The molecule has 0 amide bonds. The molecule has 0 aliphatic heterocycles. The quantitative estimate of drug-likeness (QED) is 0.736. The van der Waals surface area contributed by atoms with Crippen LogP contribution in [-0.2, 0) is 11.4 Å². The van der Waals surface area contributed by atoms with Crippen LogP contribution in [0.4, 0.5) is 13.2 Å². The van der Waals surface area contributed by atoms with E-state index >= 15 is 0 Å². The number of nitrogens with one attached hydrogen (secondary N) is 1. The first-order valence-corrected chi connectivity index (χ1v) is 8.61. The molecule has 23 heavy (non-hydrogen) atoms. The Morgan fingerprint density at radius 2 is 1.74 bits per heavy atom. The molecular weight excluding hydrogens is 327 g/mol. The van der Waals surface area contributed by atoms with E-state index in [0.29, 0.717) is 5.56 Å². The van der Waals surface area contributed by atoms with E-state index in [0.717, 1.165) is 0 Å². The summed E-state index contributed by atoms with van der Waals surface area (Å²) >= 11 is -1.49. The van der Waals surface area contributed by atoms with Crippen LogP contribution < -0.4 is 4.72 Å². The lowest BCUT2D eigenvalue weighted by molar-refractivity contribution is -0.181. The Labute approximate surface area is 138 Å². The van der Waals surface area contributed by atoms with Crippen LogP contribution in [0.15, 0.2) is 30.3 Å². The van der Waals surface area contributed by atoms with Crippen molar-refractivity contribution in [2.45, 2.75) is 50.6 Å². The third kappa shape index (κ3) is 6.71. The fraction of sp³-hybridized carbons (Fsp3) is 0.625. The Morgan fingerprint density at radius 3 is 2.17 bits per heavy atom. The zero-order chi connectivity index (χ0) is 17.7. The van der Waals surface area contributed by atoms with Gasteiger partial charge in [0.2, 0.25) is 0 Å². The van der Waals surface area contributed by atoms with Crippen molar-refractivity contribution >= 4 is 11.4 Å². The number of rotatable bonds is 7. The molecule has 0 aliphatic carbocycles. The van der Waals surface area contributed by atoms with Gasteiger partial charge in [-0.3, -0.25) is 0 Å². The van der Waals surface area contributed by atoms with E-state index in [1.807, 2.05) is 0 Å². The van der Waals surface area contributed by atoms with Gasteiger partial charge in [-0.25, -0.2) is 0 Å². The average Bonchev–Trinajstić information content (AvgIpc) is 2.44. The first-order chi connectivity index (χ1) is 10.6. The minimum atomic E-state index is -4.40. The van der Waals surface area contributed by atoms with Gasteiger partial charge in [0.1, 0.15) is 4.75 Å². The van der Waals surface area contributed by atoms with Crippen molar-refractivity contribution < 1.29 is 22.8 Å². The van der Waals surface area contributed by atoms with Crippen LogP contribution >= 0.6 is 0 Å². The van der Waals surface area contributed by atoms with Crippen LogP contribution in [0, 0.1) is 5.92 Å². The number of alkyl halides is 3. The molecule has 0 heterocycles. The predicted octanol–water partition coefficient (Wildman–Crippen LogP) is 3.73. The maximum Gasteiger partial charge on any atom is 0.391 e. The Balaban J connectivity index is 3.00. The van der Waals surface area contributed by atoms with Gasteiger partial charge in [-0.05, 0) is 39.2 Å². The first-order valence-electron chi connectivity index (χ1n) is 7.46. The third-order valence-corrected chi connectivity index (χ3v) is 5.08. The van der Waals surface area contributed by atoms with Gasteiger partial charge in [-0.1, -0.05) is 30.3 Å². The normalized spacial score (nSPS) is 16.9. The van der Waals surface area contributed by atoms with E-state index in [9.17, 15) is 17.7 Å². The molecule has 1 aromatic rings. The number of hydrogen-bond donors (Lipinski definition) is 2. The third-order valence-electron chi connectivity index (χ3n) is 3.47. The van der Waals surface area contributed by atoms with E-state index in [1.54, 1.807) is 51.1 Å². The molecule has 0 aromatic heterocycles. The summed E-state index contributed by atoms with van der Waals surface area (Å²) in [6.45, 7) is 4.74. The van der Waals surface area contributed by atoms with Gasteiger partial charge in [0.25, 0.3) is 0 Å².